The fourth-order valence-corrected chi connectivity index (χ4v) is 2.93. The standard InChI is InChI=1S/C11H11NOS2/c1-6-4-3-5-8(7(6)2)9-10(13)12-11(14)15-9/h3-5,9H,1-2H3,(H,12,13,14). The second-order valence-corrected chi connectivity index (χ2v) is 5.35. The first-order valence-corrected chi connectivity index (χ1v) is 5.96. The largest absolute Gasteiger partial charge is 0.310 e. The van der Waals surface area contributed by atoms with Crippen molar-refractivity contribution in [1.29, 1.82) is 0 Å². The summed E-state index contributed by atoms with van der Waals surface area (Å²) in [5.74, 6) is -0.00120. The molecule has 0 saturated carbocycles. The van der Waals surface area contributed by atoms with Gasteiger partial charge in [-0.05, 0) is 30.5 Å². The summed E-state index contributed by atoms with van der Waals surface area (Å²) >= 11 is 6.40. The Balaban J connectivity index is 2.42. The van der Waals surface area contributed by atoms with Crippen LogP contribution in [0.25, 0.3) is 0 Å². The SMILES string of the molecule is Cc1cccc(C2SC(=S)NC2=O)c1C. The first-order chi connectivity index (χ1) is 7.09. The molecule has 1 saturated heterocycles. The van der Waals surface area contributed by atoms with Crippen LogP contribution in [0.4, 0.5) is 0 Å². The number of rotatable bonds is 1. The molecule has 1 atom stereocenters. The number of aryl methyl sites for hydroxylation is 1. The van der Waals surface area contributed by atoms with Gasteiger partial charge in [0.05, 0.1) is 0 Å². The zero-order chi connectivity index (χ0) is 11.0. The third kappa shape index (κ3) is 1.92. The molecule has 15 heavy (non-hydrogen) atoms. The molecule has 2 nitrogen and oxygen atoms in total. The van der Waals surface area contributed by atoms with Gasteiger partial charge in [0.1, 0.15) is 9.57 Å². The highest BCUT2D eigenvalue weighted by molar-refractivity contribution is 8.24. The molecule has 0 spiro atoms. The molecule has 78 valence electrons. The molecule has 1 unspecified atom stereocenters. The predicted octanol–water partition coefficient (Wildman–Crippen LogP) is 2.49. The van der Waals surface area contributed by atoms with E-state index in [1.807, 2.05) is 19.1 Å². The number of carbonyl (C=O) groups excluding carboxylic acids is 1. The highest BCUT2D eigenvalue weighted by Crippen LogP contribution is 2.36. The Hall–Kier alpha value is -0.870. The number of thioether (sulfide) groups is 1. The summed E-state index contributed by atoms with van der Waals surface area (Å²) in [5, 5.41) is 2.50. The molecular weight excluding hydrogens is 226 g/mol. The van der Waals surface area contributed by atoms with E-state index in [0.29, 0.717) is 4.32 Å². The molecule has 1 aromatic rings. The topological polar surface area (TPSA) is 29.1 Å². The Kier molecular flexibility index (Phi) is 2.80. The highest BCUT2D eigenvalue weighted by atomic mass is 32.2. The molecule has 1 aromatic carbocycles. The lowest BCUT2D eigenvalue weighted by molar-refractivity contribution is -0.118. The van der Waals surface area contributed by atoms with Crippen molar-refractivity contribution in [2.45, 2.75) is 19.1 Å². The maximum absolute atomic E-state index is 11.6. The van der Waals surface area contributed by atoms with Crippen molar-refractivity contribution >= 4 is 34.2 Å². The second kappa shape index (κ2) is 3.94. The number of nitrogens with one attached hydrogen (secondary N) is 1. The lowest BCUT2D eigenvalue weighted by Crippen LogP contribution is -2.20. The van der Waals surface area contributed by atoms with E-state index in [0.717, 1.165) is 5.56 Å². The van der Waals surface area contributed by atoms with Crippen LogP contribution < -0.4 is 5.32 Å². The van der Waals surface area contributed by atoms with Gasteiger partial charge in [-0.3, -0.25) is 4.79 Å². The molecule has 0 aromatic heterocycles. The van der Waals surface area contributed by atoms with E-state index < -0.39 is 0 Å². The average Bonchev–Trinajstić information content (AvgIpc) is 2.50. The average molecular weight is 237 g/mol. The van der Waals surface area contributed by atoms with Crippen molar-refractivity contribution in [2.24, 2.45) is 0 Å². The van der Waals surface area contributed by atoms with Crippen molar-refractivity contribution in [3.8, 4) is 0 Å². The number of hydrogen-bond acceptors (Lipinski definition) is 3. The third-order valence-corrected chi connectivity index (χ3v) is 4.03. The van der Waals surface area contributed by atoms with E-state index in [2.05, 4.69) is 18.3 Å². The van der Waals surface area contributed by atoms with Gasteiger partial charge in [-0.2, -0.15) is 0 Å². The molecule has 0 radical (unpaired) electrons. The van der Waals surface area contributed by atoms with E-state index in [1.165, 1.54) is 22.9 Å². The smallest absolute Gasteiger partial charge is 0.243 e. The molecule has 0 bridgehead atoms. The molecule has 1 fully saturated rings. The van der Waals surface area contributed by atoms with Crippen LogP contribution in [-0.2, 0) is 4.79 Å². The summed E-state index contributed by atoms with van der Waals surface area (Å²) in [5.41, 5.74) is 3.45. The minimum atomic E-state index is -0.169. The van der Waals surface area contributed by atoms with Gasteiger partial charge in [0.15, 0.2) is 0 Å². The molecule has 1 heterocycles. The van der Waals surface area contributed by atoms with Crippen LogP contribution in [0.1, 0.15) is 21.9 Å². The van der Waals surface area contributed by atoms with Crippen molar-refractivity contribution in [3.05, 3.63) is 34.9 Å². The number of thiocarbonyl (C=S) groups is 1. The summed E-state index contributed by atoms with van der Waals surface area (Å²) in [4.78, 5) is 11.6. The summed E-state index contributed by atoms with van der Waals surface area (Å²) in [6, 6.07) is 6.02. The van der Waals surface area contributed by atoms with Gasteiger partial charge < -0.3 is 5.32 Å². The molecule has 1 N–H and O–H groups in total. The Morgan fingerprint density at radius 3 is 2.73 bits per heavy atom. The number of hydrogen-bond donors (Lipinski definition) is 1. The van der Waals surface area contributed by atoms with Crippen LogP contribution in [-0.4, -0.2) is 10.2 Å². The minimum absolute atomic E-state index is 0.00120. The Labute approximate surface area is 98.4 Å². The van der Waals surface area contributed by atoms with Crippen LogP contribution in [0.2, 0.25) is 0 Å². The Morgan fingerprint density at radius 1 is 1.40 bits per heavy atom. The van der Waals surface area contributed by atoms with Gasteiger partial charge in [-0.15, -0.1) is 0 Å². The van der Waals surface area contributed by atoms with Crippen LogP contribution >= 0.6 is 24.0 Å². The summed E-state index contributed by atoms with van der Waals surface area (Å²) in [6.45, 7) is 4.09. The Morgan fingerprint density at radius 2 is 2.13 bits per heavy atom. The molecule has 0 aliphatic carbocycles. The molecule has 1 aliphatic heterocycles. The van der Waals surface area contributed by atoms with E-state index in [4.69, 9.17) is 12.2 Å². The minimum Gasteiger partial charge on any atom is -0.310 e. The summed E-state index contributed by atoms with van der Waals surface area (Å²) in [6.07, 6.45) is 0. The zero-order valence-electron chi connectivity index (χ0n) is 8.53. The summed E-state index contributed by atoms with van der Waals surface area (Å²) in [7, 11) is 0. The van der Waals surface area contributed by atoms with Gasteiger partial charge in [0.25, 0.3) is 0 Å². The van der Waals surface area contributed by atoms with Crippen molar-refractivity contribution in [3.63, 3.8) is 0 Å². The third-order valence-electron chi connectivity index (χ3n) is 2.62. The predicted molar refractivity (Wildman–Crippen MR) is 67.0 cm³/mol. The van der Waals surface area contributed by atoms with Crippen molar-refractivity contribution in [1.82, 2.24) is 5.32 Å². The molecular formula is C11H11NOS2. The lowest BCUT2D eigenvalue weighted by atomic mass is 10.0. The monoisotopic (exact) mass is 237 g/mol. The van der Waals surface area contributed by atoms with Crippen LogP contribution in [0.5, 0.6) is 0 Å². The fourth-order valence-electron chi connectivity index (χ4n) is 1.62. The van der Waals surface area contributed by atoms with Gasteiger partial charge in [-0.25, -0.2) is 0 Å². The summed E-state index contributed by atoms with van der Waals surface area (Å²) < 4.78 is 0.575. The van der Waals surface area contributed by atoms with E-state index >= 15 is 0 Å². The number of amides is 1. The van der Waals surface area contributed by atoms with Gasteiger partial charge >= 0.3 is 0 Å². The number of benzene rings is 1. The normalized spacial score (nSPS) is 20.5. The van der Waals surface area contributed by atoms with E-state index in [1.54, 1.807) is 0 Å². The van der Waals surface area contributed by atoms with Crippen LogP contribution in [0, 0.1) is 13.8 Å². The van der Waals surface area contributed by atoms with Crippen molar-refractivity contribution < 1.29 is 4.79 Å². The van der Waals surface area contributed by atoms with E-state index in [-0.39, 0.29) is 11.2 Å². The molecule has 1 aliphatic rings. The zero-order valence-corrected chi connectivity index (χ0v) is 10.2. The second-order valence-electron chi connectivity index (χ2n) is 3.56. The Bertz CT molecular complexity index is 442. The highest BCUT2D eigenvalue weighted by Gasteiger charge is 2.31. The lowest BCUT2D eigenvalue weighted by Gasteiger charge is -2.11. The maximum Gasteiger partial charge on any atom is 0.243 e. The molecule has 4 heteroatoms. The van der Waals surface area contributed by atoms with Gasteiger partial charge in [0, 0.05) is 0 Å². The van der Waals surface area contributed by atoms with Crippen molar-refractivity contribution in [2.75, 3.05) is 0 Å². The van der Waals surface area contributed by atoms with E-state index in [9.17, 15) is 4.79 Å². The first kappa shape index (κ1) is 10.6. The number of carbonyl (C=O) groups is 1. The van der Waals surface area contributed by atoms with Crippen LogP contribution in [0.3, 0.4) is 0 Å². The van der Waals surface area contributed by atoms with Gasteiger partial charge in [-0.1, -0.05) is 42.2 Å². The van der Waals surface area contributed by atoms with Gasteiger partial charge in [0.2, 0.25) is 5.91 Å². The fraction of sp³-hybridized carbons (Fsp3) is 0.273. The molecule has 2 rings (SSSR count). The van der Waals surface area contributed by atoms with Crippen LogP contribution in [0.15, 0.2) is 18.2 Å². The maximum atomic E-state index is 11.6. The molecule has 1 amide bonds. The quantitative estimate of drug-likeness (QED) is 0.761. The first-order valence-electron chi connectivity index (χ1n) is 4.67.